The number of rotatable bonds is 3. The fourth-order valence-electron chi connectivity index (χ4n) is 1.54. The van der Waals surface area contributed by atoms with Crippen molar-refractivity contribution in [3.63, 3.8) is 0 Å². The lowest BCUT2D eigenvalue weighted by Crippen LogP contribution is -2.14. The van der Waals surface area contributed by atoms with Crippen molar-refractivity contribution in [3.05, 3.63) is 53.2 Å². The highest BCUT2D eigenvalue weighted by molar-refractivity contribution is 6.34. The van der Waals surface area contributed by atoms with Crippen LogP contribution < -0.4 is 10.6 Å². The van der Waals surface area contributed by atoms with Crippen molar-refractivity contribution in [1.82, 2.24) is 4.98 Å². The van der Waals surface area contributed by atoms with Gasteiger partial charge in [-0.05, 0) is 24.3 Å². The molecule has 0 saturated carbocycles. The molecule has 2 rings (SSSR count). The zero-order chi connectivity index (χ0) is 13.0. The molecule has 92 valence electrons. The van der Waals surface area contributed by atoms with Crippen molar-refractivity contribution in [2.75, 3.05) is 17.7 Å². The molecule has 1 aromatic heterocycles. The molecule has 4 nitrogen and oxygen atoms in total. The van der Waals surface area contributed by atoms with Crippen molar-refractivity contribution in [2.24, 2.45) is 0 Å². The molecule has 2 N–H and O–H groups in total. The normalized spacial score (nSPS) is 9.89. The Morgan fingerprint density at radius 2 is 2.00 bits per heavy atom. The van der Waals surface area contributed by atoms with Gasteiger partial charge in [0.05, 0.1) is 16.3 Å². The third-order valence-electron chi connectivity index (χ3n) is 2.41. The summed E-state index contributed by atoms with van der Waals surface area (Å²) in [7, 11) is 1.72. The lowest BCUT2D eigenvalue weighted by atomic mass is 10.2. The van der Waals surface area contributed by atoms with Crippen LogP contribution in [0, 0.1) is 0 Å². The van der Waals surface area contributed by atoms with Gasteiger partial charge in [0.25, 0.3) is 5.91 Å². The van der Waals surface area contributed by atoms with E-state index in [-0.39, 0.29) is 5.91 Å². The molecule has 2 aromatic rings. The van der Waals surface area contributed by atoms with Crippen LogP contribution in [0.2, 0.25) is 5.02 Å². The number of anilines is 2. The van der Waals surface area contributed by atoms with Crippen LogP contribution in [0.25, 0.3) is 0 Å². The second-order valence-electron chi connectivity index (χ2n) is 3.58. The predicted molar refractivity (Wildman–Crippen MR) is 73.2 cm³/mol. The quantitative estimate of drug-likeness (QED) is 0.893. The summed E-state index contributed by atoms with van der Waals surface area (Å²) in [5.74, 6) is 0.280. The van der Waals surface area contributed by atoms with Gasteiger partial charge in [0.15, 0.2) is 0 Å². The Morgan fingerprint density at radius 1 is 1.22 bits per heavy atom. The maximum atomic E-state index is 12.1. The smallest absolute Gasteiger partial charge is 0.259 e. The lowest BCUT2D eigenvalue weighted by Gasteiger charge is -2.09. The third-order valence-corrected chi connectivity index (χ3v) is 2.74. The van der Waals surface area contributed by atoms with Gasteiger partial charge in [0.1, 0.15) is 5.82 Å². The first-order chi connectivity index (χ1) is 8.72. The SMILES string of the molecule is CNc1ncccc1C(=O)Nc1ccccc1Cl. The highest BCUT2D eigenvalue weighted by Gasteiger charge is 2.12. The van der Waals surface area contributed by atoms with Crippen molar-refractivity contribution in [2.45, 2.75) is 0 Å². The molecular formula is C13H12ClN3O. The molecule has 0 unspecified atom stereocenters. The van der Waals surface area contributed by atoms with Crippen LogP contribution in [0.3, 0.4) is 0 Å². The molecule has 0 saturated heterocycles. The van der Waals surface area contributed by atoms with Crippen LogP contribution in [0.4, 0.5) is 11.5 Å². The van der Waals surface area contributed by atoms with Crippen LogP contribution in [0.15, 0.2) is 42.6 Å². The first-order valence-electron chi connectivity index (χ1n) is 5.41. The maximum absolute atomic E-state index is 12.1. The average Bonchev–Trinajstić information content (AvgIpc) is 2.41. The predicted octanol–water partition coefficient (Wildman–Crippen LogP) is 3.03. The summed E-state index contributed by atoms with van der Waals surface area (Å²) in [6, 6.07) is 10.5. The van der Waals surface area contributed by atoms with Crippen LogP contribution in [0.1, 0.15) is 10.4 Å². The number of nitrogens with zero attached hydrogens (tertiary/aromatic N) is 1. The van der Waals surface area contributed by atoms with E-state index in [1.54, 1.807) is 43.6 Å². The summed E-state index contributed by atoms with van der Waals surface area (Å²) in [6.45, 7) is 0. The van der Waals surface area contributed by atoms with E-state index in [0.717, 1.165) is 0 Å². The molecule has 0 atom stereocenters. The van der Waals surface area contributed by atoms with E-state index in [4.69, 9.17) is 11.6 Å². The number of pyridine rings is 1. The number of hydrogen-bond acceptors (Lipinski definition) is 3. The van der Waals surface area contributed by atoms with Gasteiger partial charge in [-0.2, -0.15) is 0 Å². The number of carbonyl (C=O) groups excluding carboxylic acids is 1. The Labute approximate surface area is 110 Å². The van der Waals surface area contributed by atoms with Crippen LogP contribution in [0.5, 0.6) is 0 Å². The Hall–Kier alpha value is -2.07. The zero-order valence-electron chi connectivity index (χ0n) is 9.77. The molecule has 0 fully saturated rings. The molecule has 18 heavy (non-hydrogen) atoms. The van der Waals surface area contributed by atoms with E-state index in [2.05, 4.69) is 15.6 Å². The van der Waals surface area contributed by atoms with E-state index in [9.17, 15) is 4.79 Å². The molecule has 0 aliphatic rings. The van der Waals surface area contributed by atoms with Gasteiger partial charge in [-0.25, -0.2) is 4.98 Å². The highest BCUT2D eigenvalue weighted by Crippen LogP contribution is 2.22. The van der Waals surface area contributed by atoms with Crippen LogP contribution in [-0.2, 0) is 0 Å². The molecule has 0 radical (unpaired) electrons. The van der Waals surface area contributed by atoms with E-state index in [1.165, 1.54) is 0 Å². The van der Waals surface area contributed by atoms with Crippen LogP contribution in [-0.4, -0.2) is 17.9 Å². The molecular weight excluding hydrogens is 250 g/mol. The molecule has 0 aliphatic carbocycles. The first kappa shape index (κ1) is 12.4. The minimum absolute atomic E-state index is 0.249. The fraction of sp³-hybridized carbons (Fsp3) is 0.0769. The number of benzene rings is 1. The summed E-state index contributed by atoms with van der Waals surface area (Å²) >= 11 is 5.98. The molecule has 1 aromatic carbocycles. The van der Waals surface area contributed by atoms with Gasteiger partial charge in [0.2, 0.25) is 0 Å². The monoisotopic (exact) mass is 261 g/mol. The third kappa shape index (κ3) is 2.60. The van der Waals surface area contributed by atoms with Gasteiger partial charge in [-0.15, -0.1) is 0 Å². The van der Waals surface area contributed by atoms with Crippen molar-refractivity contribution in [3.8, 4) is 0 Å². The summed E-state index contributed by atoms with van der Waals surface area (Å²) in [4.78, 5) is 16.2. The number of nitrogens with one attached hydrogen (secondary N) is 2. The van der Waals surface area contributed by atoms with Crippen LogP contribution >= 0.6 is 11.6 Å². The number of para-hydroxylation sites is 1. The summed E-state index contributed by atoms with van der Waals surface area (Å²) in [6.07, 6.45) is 1.62. The van der Waals surface area contributed by atoms with Crippen molar-refractivity contribution in [1.29, 1.82) is 0 Å². The Bertz CT molecular complexity index is 572. The second-order valence-corrected chi connectivity index (χ2v) is 3.99. The van der Waals surface area contributed by atoms with Gasteiger partial charge in [0, 0.05) is 13.2 Å². The summed E-state index contributed by atoms with van der Waals surface area (Å²) < 4.78 is 0. The molecule has 1 heterocycles. The van der Waals surface area contributed by atoms with E-state index >= 15 is 0 Å². The molecule has 0 spiro atoms. The van der Waals surface area contributed by atoms with Gasteiger partial charge < -0.3 is 10.6 Å². The van der Waals surface area contributed by atoms with Gasteiger partial charge >= 0.3 is 0 Å². The number of amides is 1. The summed E-state index contributed by atoms with van der Waals surface area (Å²) in [5, 5.41) is 6.12. The molecule has 5 heteroatoms. The lowest BCUT2D eigenvalue weighted by molar-refractivity contribution is 0.102. The Balaban J connectivity index is 2.25. The Morgan fingerprint density at radius 3 is 2.72 bits per heavy atom. The van der Waals surface area contributed by atoms with E-state index < -0.39 is 0 Å². The topological polar surface area (TPSA) is 54.0 Å². The Kier molecular flexibility index (Phi) is 3.79. The molecule has 0 bridgehead atoms. The van der Waals surface area contributed by atoms with Crippen molar-refractivity contribution < 1.29 is 4.79 Å². The largest absolute Gasteiger partial charge is 0.372 e. The van der Waals surface area contributed by atoms with E-state index in [0.29, 0.717) is 22.1 Å². The van der Waals surface area contributed by atoms with Gasteiger partial charge in [-0.1, -0.05) is 23.7 Å². The van der Waals surface area contributed by atoms with Gasteiger partial charge in [-0.3, -0.25) is 4.79 Å². The number of hydrogen-bond donors (Lipinski definition) is 2. The minimum atomic E-state index is -0.249. The average molecular weight is 262 g/mol. The molecule has 1 amide bonds. The first-order valence-corrected chi connectivity index (χ1v) is 5.79. The second kappa shape index (κ2) is 5.51. The standard InChI is InChI=1S/C13H12ClN3O/c1-15-12-9(5-4-8-16-12)13(18)17-11-7-3-2-6-10(11)14/h2-8H,1H3,(H,15,16)(H,17,18). The fourth-order valence-corrected chi connectivity index (χ4v) is 1.72. The maximum Gasteiger partial charge on any atom is 0.259 e. The van der Waals surface area contributed by atoms with E-state index in [1.807, 2.05) is 6.07 Å². The molecule has 0 aliphatic heterocycles. The zero-order valence-corrected chi connectivity index (χ0v) is 10.5. The number of aromatic nitrogens is 1. The summed E-state index contributed by atoms with van der Waals surface area (Å²) in [5.41, 5.74) is 1.05. The number of carbonyl (C=O) groups is 1. The highest BCUT2D eigenvalue weighted by atomic mass is 35.5. The minimum Gasteiger partial charge on any atom is -0.372 e. The van der Waals surface area contributed by atoms with Crippen molar-refractivity contribution >= 4 is 29.0 Å². The number of halogens is 1.